The summed E-state index contributed by atoms with van der Waals surface area (Å²) in [6.45, 7) is 6.42. The van der Waals surface area contributed by atoms with Gasteiger partial charge in [0.15, 0.2) is 5.78 Å². The zero-order valence-corrected chi connectivity index (χ0v) is 22.1. The first kappa shape index (κ1) is 25.2. The number of benzene rings is 2. The lowest BCUT2D eigenvalue weighted by Crippen LogP contribution is -2.35. The van der Waals surface area contributed by atoms with Gasteiger partial charge in [0, 0.05) is 43.5 Å². The van der Waals surface area contributed by atoms with E-state index >= 15 is 0 Å². The SMILES string of the molecule is CC(c1ccccc1)n1cc(C(=O)NC2=CCC(=O)C(C3=Cc4cc(CN5CCOCC5)ccc4C3)=C2)cn1. The predicted octanol–water partition coefficient (Wildman–Crippen LogP) is 4.48. The van der Waals surface area contributed by atoms with E-state index in [0.29, 0.717) is 16.8 Å². The number of hydrogen-bond donors (Lipinski definition) is 1. The molecule has 2 aromatic carbocycles. The number of fused-ring (bicyclic) bond motifs is 1. The first-order chi connectivity index (χ1) is 19.0. The Morgan fingerprint density at radius 2 is 1.92 bits per heavy atom. The van der Waals surface area contributed by atoms with Gasteiger partial charge < -0.3 is 10.1 Å². The van der Waals surface area contributed by atoms with Crippen molar-refractivity contribution in [2.45, 2.75) is 32.4 Å². The Bertz CT molecular complexity index is 1490. The van der Waals surface area contributed by atoms with Gasteiger partial charge in [-0.3, -0.25) is 19.2 Å². The third-order valence-electron chi connectivity index (χ3n) is 7.68. The fraction of sp³-hybridized carbons (Fsp3) is 0.281. The fourth-order valence-electron chi connectivity index (χ4n) is 5.39. The average molecular weight is 521 g/mol. The van der Waals surface area contributed by atoms with Gasteiger partial charge in [-0.15, -0.1) is 0 Å². The number of rotatable bonds is 7. The van der Waals surface area contributed by atoms with Gasteiger partial charge in [0.2, 0.25) is 0 Å². The smallest absolute Gasteiger partial charge is 0.258 e. The topological polar surface area (TPSA) is 76.5 Å². The Kier molecular flexibility index (Phi) is 7.09. The van der Waals surface area contributed by atoms with Crippen LogP contribution < -0.4 is 5.32 Å². The number of ketones is 1. The lowest BCUT2D eigenvalue weighted by Gasteiger charge is -2.26. The highest BCUT2D eigenvalue weighted by Crippen LogP contribution is 2.33. The van der Waals surface area contributed by atoms with E-state index in [1.165, 1.54) is 16.7 Å². The van der Waals surface area contributed by atoms with Crippen LogP contribution in [0.15, 0.2) is 89.9 Å². The highest BCUT2D eigenvalue weighted by Gasteiger charge is 2.24. The number of Topliss-reactive ketones (excluding diaryl/α,β-unsaturated/α-hetero) is 1. The second kappa shape index (κ2) is 11.0. The second-order valence-electron chi connectivity index (χ2n) is 10.4. The van der Waals surface area contributed by atoms with Crippen molar-refractivity contribution in [2.24, 2.45) is 0 Å². The summed E-state index contributed by atoms with van der Waals surface area (Å²) in [6, 6.07) is 16.7. The van der Waals surface area contributed by atoms with Crippen molar-refractivity contribution in [3.8, 4) is 0 Å². The van der Waals surface area contributed by atoms with Crippen LogP contribution in [-0.2, 0) is 22.5 Å². The van der Waals surface area contributed by atoms with Gasteiger partial charge in [0.25, 0.3) is 5.91 Å². The molecular weight excluding hydrogens is 488 g/mol. The summed E-state index contributed by atoms with van der Waals surface area (Å²) < 4.78 is 7.25. The second-order valence-corrected chi connectivity index (χ2v) is 10.4. The lowest BCUT2D eigenvalue weighted by atomic mass is 9.93. The quantitative estimate of drug-likeness (QED) is 0.497. The van der Waals surface area contributed by atoms with Crippen LogP contribution in [-0.4, -0.2) is 52.7 Å². The van der Waals surface area contributed by atoms with Crippen molar-refractivity contribution in [2.75, 3.05) is 26.3 Å². The van der Waals surface area contributed by atoms with E-state index in [-0.39, 0.29) is 24.2 Å². The molecule has 1 atom stereocenters. The van der Waals surface area contributed by atoms with E-state index in [0.717, 1.165) is 50.4 Å². The minimum absolute atomic E-state index is 0.0103. The molecule has 1 aliphatic heterocycles. The molecule has 1 N–H and O–H groups in total. The van der Waals surface area contributed by atoms with Gasteiger partial charge in [0.05, 0.1) is 31.0 Å². The van der Waals surface area contributed by atoms with Crippen molar-refractivity contribution in [3.05, 3.63) is 118 Å². The maximum absolute atomic E-state index is 13.0. The molecule has 3 aromatic rings. The van der Waals surface area contributed by atoms with E-state index in [1.54, 1.807) is 23.2 Å². The van der Waals surface area contributed by atoms with Crippen molar-refractivity contribution >= 4 is 17.8 Å². The van der Waals surface area contributed by atoms with Gasteiger partial charge in [-0.05, 0) is 47.2 Å². The third kappa shape index (κ3) is 5.55. The van der Waals surface area contributed by atoms with E-state index in [9.17, 15) is 9.59 Å². The molecule has 0 bridgehead atoms. The molecule has 1 unspecified atom stereocenters. The van der Waals surface area contributed by atoms with Crippen LogP contribution in [0.25, 0.3) is 6.08 Å². The van der Waals surface area contributed by atoms with E-state index < -0.39 is 0 Å². The molecule has 39 heavy (non-hydrogen) atoms. The monoisotopic (exact) mass is 520 g/mol. The van der Waals surface area contributed by atoms with Crippen LogP contribution in [0, 0.1) is 0 Å². The number of morpholine rings is 1. The van der Waals surface area contributed by atoms with Crippen molar-refractivity contribution in [1.29, 1.82) is 0 Å². The van der Waals surface area contributed by atoms with Crippen molar-refractivity contribution in [3.63, 3.8) is 0 Å². The standard InChI is InChI=1S/C32H32N4O3/c1-22(24-5-3-2-4-6-24)36-21-28(19-33-36)32(38)34-29-9-10-31(37)30(18-29)27-16-25-8-7-23(15-26(25)17-27)20-35-11-13-39-14-12-35/h2-9,15,17-19,21-22H,10-14,16,20H2,1H3,(H,34,38). The Morgan fingerprint density at radius 3 is 2.74 bits per heavy atom. The number of amides is 1. The minimum Gasteiger partial charge on any atom is -0.379 e. The first-order valence-electron chi connectivity index (χ1n) is 13.5. The number of nitrogens with one attached hydrogen (secondary N) is 1. The molecule has 0 saturated carbocycles. The highest BCUT2D eigenvalue weighted by atomic mass is 16.5. The first-order valence-corrected chi connectivity index (χ1v) is 13.5. The molecule has 0 spiro atoms. The predicted molar refractivity (Wildman–Crippen MR) is 150 cm³/mol. The number of aromatic nitrogens is 2. The highest BCUT2D eigenvalue weighted by molar-refractivity contribution is 6.04. The van der Waals surface area contributed by atoms with Gasteiger partial charge in [0.1, 0.15) is 0 Å². The Hall–Kier alpha value is -4.07. The largest absolute Gasteiger partial charge is 0.379 e. The molecule has 2 aliphatic carbocycles. The Balaban J connectivity index is 1.14. The zero-order chi connectivity index (χ0) is 26.8. The van der Waals surface area contributed by atoms with Gasteiger partial charge in [-0.25, -0.2) is 0 Å². The Morgan fingerprint density at radius 1 is 1.10 bits per heavy atom. The minimum atomic E-state index is -0.242. The molecule has 1 amide bonds. The molecule has 7 nitrogen and oxygen atoms in total. The van der Waals surface area contributed by atoms with Crippen LogP contribution in [0.5, 0.6) is 0 Å². The normalized spacial score (nSPS) is 18.2. The molecule has 0 radical (unpaired) electrons. The van der Waals surface area contributed by atoms with Crippen LogP contribution in [0.2, 0.25) is 0 Å². The van der Waals surface area contributed by atoms with Crippen LogP contribution in [0.1, 0.15) is 52.0 Å². The molecule has 1 saturated heterocycles. The summed E-state index contributed by atoms with van der Waals surface area (Å²) in [4.78, 5) is 28.3. The number of allylic oxidation sites excluding steroid dienone is 4. The van der Waals surface area contributed by atoms with Crippen LogP contribution in [0.4, 0.5) is 0 Å². The maximum atomic E-state index is 13.0. The fourth-order valence-corrected chi connectivity index (χ4v) is 5.39. The summed E-state index contributed by atoms with van der Waals surface area (Å²) >= 11 is 0. The number of carbonyl (C=O) groups excluding carboxylic acids is 2. The molecule has 6 rings (SSSR count). The number of carbonyl (C=O) groups is 2. The summed E-state index contributed by atoms with van der Waals surface area (Å²) in [6.07, 6.45) is 10.0. The maximum Gasteiger partial charge on any atom is 0.258 e. The lowest BCUT2D eigenvalue weighted by molar-refractivity contribution is -0.114. The van der Waals surface area contributed by atoms with Gasteiger partial charge in [-0.2, -0.15) is 5.10 Å². The van der Waals surface area contributed by atoms with Crippen molar-refractivity contribution < 1.29 is 14.3 Å². The molecule has 2 heterocycles. The molecule has 198 valence electrons. The van der Waals surface area contributed by atoms with Gasteiger partial charge in [-0.1, -0.05) is 60.7 Å². The molecule has 7 heteroatoms. The van der Waals surface area contributed by atoms with E-state index in [2.05, 4.69) is 39.6 Å². The number of hydrogen-bond acceptors (Lipinski definition) is 5. The number of ether oxygens (including phenoxy) is 1. The van der Waals surface area contributed by atoms with Crippen LogP contribution in [0.3, 0.4) is 0 Å². The van der Waals surface area contributed by atoms with Crippen LogP contribution >= 0.6 is 0 Å². The molecule has 3 aliphatic rings. The van der Waals surface area contributed by atoms with E-state index in [1.807, 2.05) is 43.3 Å². The summed E-state index contributed by atoms with van der Waals surface area (Å²) in [7, 11) is 0. The summed E-state index contributed by atoms with van der Waals surface area (Å²) in [5.74, 6) is -0.167. The summed E-state index contributed by atoms with van der Waals surface area (Å²) in [5, 5.41) is 7.39. The number of nitrogens with zero attached hydrogens (tertiary/aromatic N) is 3. The molecular formula is C32H32N4O3. The van der Waals surface area contributed by atoms with E-state index in [4.69, 9.17) is 4.74 Å². The summed E-state index contributed by atoms with van der Waals surface area (Å²) in [5.41, 5.74) is 7.58. The Labute approximate surface area is 228 Å². The van der Waals surface area contributed by atoms with Gasteiger partial charge >= 0.3 is 0 Å². The molecule has 1 fully saturated rings. The molecule has 1 aromatic heterocycles. The third-order valence-corrected chi connectivity index (χ3v) is 7.68. The van der Waals surface area contributed by atoms with Crippen molar-refractivity contribution in [1.82, 2.24) is 20.0 Å². The zero-order valence-electron chi connectivity index (χ0n) is 22.1. The average Bonchev–Trinajstić information content (AvgIpc) is 3.62.